The van der Waals surface area contributed by atoms with Crippen molar-refractivity contribution in [3.63, 3.8) is 0 Å². The van der Waals surface area contributed by atoms with Crippen molar-refractivity contribution in [1.82, 2.24) is 10.1 Å². The van der Waals surface area contributed by atoms with Crippen LogP contribution in [-0.2, 0) is 4.79 Å². The Morgan fingerprint density at radius 2 is 2.11 bits per heavy atom. The number of hydrogen-bond donors (Lipinski definition) is 0. The van der Waals surface area contributed by atoms with Gasteiger partial charge in [0.05, 0.1) is 23.7 Å². The molecule has 6 nitrogen and oxygen atoms in total. The van der Waals surface area contributed by atoms with E-state index in [1.54, 1.807) is 12.1 Å². The van der Waals surface area contributed by atoms with Gasteiger partial charge in [0.2, 0.25) is 17.6 Å². The number of hydrogen-bond acceptors (Lipinski definition) is 5. The van der Waals surface area contributed by atoms with Crippen LogP contribution >= 0.6 is 11.6 Å². The zero-order valence-corrected chi connectivity index (χ0v) is 15.4. The van der Waals surface area contributed by atoms with Crippen molar-refractivity contribution in [2.75, 3.05) is 18.6 Å². The summed E-state index contributed by atoms with van der Waals surface area (Å²) in [5.41, 5.74) is 0.521. The van der Waals surface area contributed by atoms with Crippen LogP contribution in [0.1, 0.15) is 18.2 Å². The quantitative estimate of drug-likeness (QED) is 0.650. The SMILES string of the molecule is COc1ccc(-c2noc(C3CC(=O)N(c4cccc(Cl)c4F)C3)n2)cc1F. The maximum Gasteiger partial charge on any atom is 0.232 e. The van der Waals surface area contributed by atoms with Gasteiger partial charge >= 0.3 is 0 Å². The zero-order valence-electron chi connectivity index (χ0n) is 14.7. The largest absolute Gasteiger partial charge is 0.494 e. The molecule has 1 atom stereocenters. The molecule has 1 saturated heterocycles. The Hall–Kier alpha value is -3.00. The molecule has 1 amide bonds. The van der Waals surface area contributed by atoms with Gasteiger partial charge in [0.25, 0.3) is 0 Å². The average molecular weight is 406 g/mol. The summed E-state index contributed by atoms with van der Waals surface area (Å²) in [5, 5.41) is 3.80. The van der Waals surface area contributed by atoms with E-state index in [1.807, 2.05) is 0 Å². The number of nitrogens with zero attached hydrogens (tertiary/aromatic N) is 3. The Morgan fingerprint density at radius 3 is 2.86 bits per heavy atom. The van der Waals surface area contributed by atoms with Gasteiger partial charge in [-0.25, -0.2) is 8.78 Å². The average Bonchev–Trinajstić information content (AvgIpc) is 3.31. The highest BCUT2D eigenvalue weighted by atomic mass is 35.5. The molecule has 0 radical (unpaired) electrons. The topological polar surface area (TPSA) is 68.5 Å². The first-order valence-electron chi connectivity index (χ1n) is 8.40. The third-order valence-corrected chi connectivity index (χ3v) is 4.84. The summed E-state index contributed by atoms with van der Waals surface area (Å²) < 4.78 is 38.3. The number of rotatable bonds is 4. The minimum atomic E-state index is -0.655. The first-order valence-corrected chi connectivity index (χ1v) is 8.77. The van der Waals surface area contributed by atoms with Gasteiger partial charge < -0.3 is 14.2 Å². The summed E-state index contributed by atoms with van der Waals surface area (Å²) >= 11 is 5.81. The van der Waals surface area contributed by atoms with E-state index in [9.17, 15) is 13.6 Å². The fourth-order valence-electron chi connectivity index (χ4n) is 3.13. The highest BCUT2D eigenvalue weighted by Gasteiger charge is 2.36. The molecule has 1 fully saturated rings. The molecule has 28 heavy (non-hydrogen) atoms. The summed E-state index contributed by atoms with van der Waals surface area (Å²) in [4.78, 5) is 18.0. The van der Waals surface area contributed by atoms with Gasteiger partial charge in [0.15, 0.2) is 17.4 Å². The van der Waals surface area contributed by atoms with E-state index in [0.29, 0.717) is 5.56 Å². The smallest absolute Gasteiger partial charge is 0.232 e. The number of carbonyl (C=O) groups excluding carboxylic acids is 1. The fraction of sp³-hybridized carbons (Fsp3) is 0.211. The van der Waals surface area contributed by atoms with E-state index in [0.717, 1.165) is 0 Å². The van der Waals surface area contributed by atoms with Crippen molar-refractivity contribution in [2.24, 2.45) is 0 Å². The lowest BCUT2D eigenvalue weighted by Crippen LogP contribution is -2.25. The summed E-state index contributed by atoms with van der Waals surface area (Å²) in [6.45, 7) is 0.175. The molecule has 0 aliphatic carbocycles. The molecule has 1 aliphatic heterocycles. The highest BCUT2D eigenvalue weighted by molar-refractivity contribution is 6.31. The van der Waals surface area contributed by atoms with Crippen LogP contribution in [0.2, 0.25) is 5.02 Å². The molecule has 0 saturated carbocycles. The Bertz CT molecular complexity index is 1060. The van der Waals surface area contributed by atoms with E-state index >= 15 is 0 Å². The maximum absolute atomic E-state index is 14.3. The number of aromatic nitrogens is 2. The number of anilines is 1. The minimum absolute atomic E-state index is 0.0599. The van der Waals surface area contributed by atoms with Crippen LogP contribution in [0.25, 0.3) is 11.4 Å². The van der Waals surface area contributed by atoms with Gasteiger partial charge in [-0.3, -0.25) is 4.79 Å². The van der Waals surface area contributed by atoms with Crippen LogP contribution in [0.15, 0.2) is 40.9 Å². The Balaban J connectivity index is 1.57. The first kappa shape index (κ1) is 18.4. The highest BCUT2D eigenvalue weighted by Crippen LogP contribution is 2.35. The van der Waals surface area contributed by atoms with Crippen molar-refractivity contribution in [1.29, 1.82) is 0 Å². The summed E-state index contributed by atoms with van der Waals surface area (Å²) in [5.74, 6) is -1.37. The maximum atomic E-state index is 14.3. The van der Waals surface area contributed by atoms with Gasteiger partial charge in [-0.2, -0.15) is 4.98 Å². The van der Waals surface area contributed by atoms with Crippen LogP contribution in [0, 0.1) is 11.6 Å². The molecule has 2 heterocycles. The van der Waals surface area contributed by atoms with Crippen LogP contribution < -0.4 is 9.64 Å². The molecule has 0 bridgehead atoms. The van der Waals surface area contributed by atoms with E-state index in [2.05, 4.69) is 10.1 Å². The monoisotopic (exact) mass is 405 g/mol. The molecular formula is C19H14ClF2N3O3. The van der Waals surface area contributed by atoms with Gasteiger partial charge in [0, 0.05) is 18.5 Å². The Kier molecular flexibility index (Phi) is 4.72. The number of methoxy groups -OCH3 is 1. The fourth-order valence-corrected chi connectivity index (χ4v) is 3.30. The second kappa shape index (κ2) is 7.20. The van der Waals surface area contributed by atoms with E-state index in [4.69, 9.17) is 20.9 Å². The van der Waals surface area contributed by atoms with Crippen LogP contribution in [0.3, 0.4) is 0 Å². The predicted octanol–water partition coefficient (Wildman–Crippen LogP) is 4.20. The molecule has 2 aromatic carbocycles. The lowest BCUT2D eigenvalue weighted by atomic mass is 10.1. The molecule has 9 heteroatoms. The third-order valence-electron chi connectivity index (χ3n) is 4.55. The molecule has 144 valence electrons. The lowest BCUT2D eigenvalue weighted by molar-refractivity contribution is -0.117. The van der Waals surface area contributed by atoms with Crippen LogP contribution in [0.5, 0.6) is 5.75 Å². The summed E-state index contributed by atoms with van der Waals surface area (Å²) in [6, 6.07) is 8.77. The predicted molar refractivity (Wildman–Crippen MR) is 97.4 cm³/mol. The molecular weight excluding hydrogens is 392 g/mol. The van der Waals surface area contributed by atoms with Crippen molar-refractivity contribution >= 4 is 23.2 Å². The third kappa shape index (κ3) is 3.20. The number of halogens is 3. The van der Waals surface area contributed by atoms with Crippen molar-refractivity contribution in [3.8, 4) is 17.1 Å². The van der Waals surface area contributed by atoms with Crippen molar-refractivity contribution in [3.05, 3.63) is 58.9 Å². The molecule has 1 aliphatic rings. The zero-order chi connectivity index (χ0) is 19.8. The summed E-state index contributed by atoms with van der Waals surface area (Å²) in [6.07, 6.45) is 0.0879. The van der Waals surface area contributed by atoms with Gasteiger partial charge in [0.1, 0.15) is 0 Å². The molecule has 1 aromatic heterocycles. The van der Waals surface area contributed by atoms with Crippen molar-refractivity contribution in [2.45, 2.75) is 12.3 Å². The van der Waals surface area contributed by atoms with Gasteiger partial charge in [-0.1, -0.05) is 22.8 Å². The van der Waals surface area contributed by atoms with E-state index in [1.165, 1.54) is 36.3 Å². The Morgan fingerprint density at radius 1 is 1.29 bits per heavy atom. The normalized spacial score (nSPS) is 16.6. The Labute approximate surface area is 163 Å². The molecule has 0 spiro atoms. The van der Waals surface area contributed by atoms with E-state index in [-0.39, 0.29) is 47.0 Å². The molecule has 3 aromatic rings. The number of carbonyl (C=O) groups is 1. The standard InChI is InChI=1S/C19H14ClF2N3O3/c1-27-15-6-5-10(7-13(15)21)18-23-19(28-24-18)11-8-16(26)25(9-11)14-4-2-3-12(20)17(14)22/h2-7,11H,8-9H2,1H3. The number of benzene rings is 2. The second-order valence-electron chi connectivity index (χ2n) is 6.28. The number of ether oxygens (including phenoxy) is 1. The van der Waals surface area contributed by atoms with Gasteiger partial charge in [-0.15, -0.1) is 0 Å². The lowest BCUT2D eigenvalue weighted by Gasteiger charge is -2.17. The van der Waals surface area contributed by atoms with Crippen LogP contribution in [-0.4, -0.2) is 29.7 Å². The second-order valence-corrected chi connectivity index (χ2v) is 6.69. The summed E-state index contributed by atoms with van der Waals surface area (Å²) in [7, 11) is 1.37. The molecule has 1 unspecified atom stereocenters. The van der Waals surface area contributed by atoms with Crippen LogP contribution in [0.4, 0.5) is 14.5 Å². The van der Waals surface area contributed by atoms with Gasteiger partial charge in [-0.05, 0) is 30.3 Å². The number of amides is 1. The van der Waals surface area contributed by atoms with Crippen molar-refractivity contribution < 1.29 is 22.8 Å². The molecule has 4 rings (SSSR count). The first-order chi connectivity index (χ1) is 13.5. The van der Waals surface area contributed by atoms with E-state index < -0.39 is 17.6 Å². The molecule has 0 N–H and O–H groups in total. The minimum Gasteiger partial charge on any atom is -0.494 e.